The lowest BCUT2D eigenvalue weighted by atomic mass is 9.94. The summed E-state index contributed by atoms with van der Waals surface area (Å²) in [7, 11) is 0. The second-order valence-electron chi connectivity index (χ2n) is 7.93. The van der Waals surface area contributed by atoms with Crippen LogP contribution >= 0.6 is 0 Å². The van der Waals surface area contributed by atoms with Gasteiger partial charge in [-0.3, -0.25) is 9.59 Å². The first kappa shape index (κ1) is 19.5. The van der Waals surface area contributed by atoms with E-state index in [2.05, 4.69) is 5.32 Å². The zero-order valence-corrected chi connectivity index (χ0v) is 16.2. The third kappa shape index (κ3) is 4.77. The summed E-state index contributed by atoms with van der Waals surface area (Å²) >= 11 is 0. The summed E-state index contributed by atoms with van der Waals surface area (Å²) in [6.07, 6.45) is 1.21. The van der Waals surface area contributed by atoms with Crippen LogP contribution in [0.15, 0.2) is 54.6 Å². The molecule has 3 atom stereocenters. The van der Waals surface area contributed by atoms with Gasteiger partial charge < -0.3 is 19.9 Å². The Kier molecular flexibility index (Phi) is 5.53. The van der Waals surface area contributed by atoms with Crippen molar-refractivity contribution in [3.05, 3.63) is 65.7 Å². The fourth-order valence-electron chi connectivity index (χ4n) is 3.94. The average molecular weight is 395 g/mol. The van der Waals surface area contributed by atoms with Crippen LogP contribution in [-0.4, -0.2) is 35.7 Å². The number of ether oxygens (including phenoxy) is 2. The van der Waals surface area contributed by atoms with E-state index in [1.165, 1.54) is 0 Å². The Morgan fingerprint density at radius 2 is 1.90 bits per heavy atom. The molecule has 2 fully saturated rings. The highest BCUT2D eigenvalue weighted by atomic mass is 16.5. The Morgan fingerprint density at radius 3 is 2.55 bits per heavy atom. The topological polar surface area (TPSA) is 84.9 Å². The molecule has 1 heterocycles. The molecule has 0 spiro atoms. The molecule has 152 valence electrons. The molecule has 2 N–H and O–H groups in total. The fourth-order valence-corrected chi connectivity index (χ4v) is 3.94. The first-order valence-electron chi connectivity index (χ1n) is 9.93. The van der Waals surface area contributed by atoms with Crippen molar-refractivity contribution >= 4 is 11.9 Å². The second kappa shape index (κ2) is 8.25. The minimum atomic E-state index is -0.922. The Hall–Kier alpha value is -2.86. The Balaban J connectivity index is 1.31. The molecule has 29 heavy (non-hydrogen) atoms. The van der Waals surface area contributed by atoms with Crippen LogP contribution < -0.4 is 10.1 Å². The number of carbonyl (C=O) groups excluding carboxylic acids is 1. The van der Waals surface area contributed by atoms with Crippen LogP contribution in [0.25, 0.3) is 0 Å². The number of amides is 1. The van der Waals surface area contributed by atoms with Gasteiger partial charge in [0.25, 0.3) is 0 Å². The van der Waals surface area contributed by atoms with Crippen LogP contribution in [0.2, 0.25) is 0 Å². The summed E-state index contributed by atoms with van der Waals surface area (Å²) in [4.78, 5) is 23.8. The second-order valence-corrected chi connectivity index (χ2v) is 7.93. The monoisotopic (exact) mass is 395 g/mol. The fraction of sp³-hybridized carbons (Fsp3) is 0.391. The van der Waals surface area contributed by atoms with Gasteiger partial charge in [-0.1, -0.05) is 42.5 Å². The van der Waals surface area contributed by atoms with E-state index in [0.717, 1.165) is 23.3 Å². The zero-order chi connectivity index (χ0) is 20.3. The maximum Gasteiger partial charge on any atom is 0.305 e. The van der Waals surface area contributed by atoms with Crippen molar-refractivity contribution < 1.29 is 24.2 Å². The maximum atomic E-state index is 12.7. The van der Waals surface area contributed by atoms with Crippen LogP contribution in [0, 0.1) is 5.92 Å². The van der Waals surface area contributed by atoms with Gasteiger partial charge in [0.05, 0.1) is 18.6 Å². The van der Waals surface area contributed by atoms with E-state index in [9.17, 15) is 9.59 Å². The Bertz CT molecular complexity index is 859. The van der Waals surface area contributed by atoms with Crippen LogP contribution in [0.4, 0.5) is 0 Å². The highest BCUT2D eigenvalue weighted by molar-refractivity contribution is 5.84. The number of carboxylic acid groups (broad SMARTS) is 1. The van der Waals surface area contributed by atoms with Crippen molar-refractivity contribution in [2.75, 3.05) is 13.2 Å². The van der Waals surface area contributed by atoms with Crippen molar-refractivity contribution in [2.45, 2.75) is 37.3 Å². The molecule has 4 rings (SSSR count). The lowest BCUT2D eigenvalue weighted by molar-refractivity contribution is -0.139. The van der Waals surface area contributed by atoms with Gasteiger partial charge in [0, 0.05) is 12.5 Å². The largest absolute Gasteiger partial charge is 0.489 e. The molecule has 1 saturated carbocycles. The summed E-state index contributed by atoms with van der Waals surface area (Å²) in [5, 5.41) is 12.1. The number of nitrogens with one attached hydrogen (secondary N) is 1. The van der Waals surface area contributed by atoms with Crippen molar-refractivity contribution in [1.29, 1.82) is 0 Å². The summed E-state index contributed by atoms with van der Waals surface area (Å²) in [5.74, 6) is -0.150. The van der Waals surface area contributed by atoms with Gasteiger partial charge in [0.1, 0.15) is 12.4 Å². The minimum Gasteiger partial charge on any atom is -0.489 e. The van der Waals surface area contributed by atoms with E-state index in [1.54, 1.807) is 0 Å². The lowest BCUT2D eigenvalue weighted by Crippen LogP contribution is -2.51. The minimum absolute atomic E-state index is 0.0776. The SMILES string of the molecule is O=C(O)CC1(NC(=O)C2CC2c2ccc(OCc3ccccc3)cc2)CCOC1. The van der Waals surface area contributed by atoms with Gasteiger partial charge in [-0.05, 0) is 42.0 Å². The summed E-state index contributed by atoms with van der Waals surface area (Å²) < 4.78 is 11.2. The van der Waals surface area contributed by atoms with Crippen molar-refractivity contribution in [3.8, 4) is 5.75 Å². The quantitative estimate of drug-likeness (QED) is 0.717. The van der Waals surface area contributed by atoms with Crippen molar-refractivity contribution in [3.63, 3.8) is 0 Å². The molecule has 1 saturated heterocycles. The van der Waals surface area contributed by atoms with Crippen molar-refractivity contribution in [2.24, 2.45) is 5.92 Å². The van der Waals surface area contributed by atoms with Gasteiger partial charge in [0.15, 0.2) is 0 Å². The predicted molar refractivity (Wildman–Crippen MR) is 107 cm³/mol. The normalized spacial score (nSPS) is 25.4. The standard InChI is InChI=1S/C23H25NO5/c25-21(26)13-23(10-11-28-15-23)24-22(27)20-12-19(20)17-6-8-18(9-7-17)29-14-16-4-2-1-3-5-16/h1-9,19-20H,10-15H2,(H,24,27)(H,25,26). The molecule has 0 aromatic heterocycles. The molecule has 1 aliphatic heterocycles. The molecule has 3 unspecified atom stereocenters. The molecule has 6 heteroatoms. The van der Waals surface area contributed by atoms with E-state index in [4.69, 9.17) is 14.6 Å². The highest BCUT2D eigenvalue weighted by Gasteiger charge is 2.47. The number of aliphatic carboxylic acids is 1. The summed E-state index contributed by atoms with van der Waals surface area (Å²) in [6, 6.07) is 17.9. The van der Waals surface area contributed by atoms with Crippen molar-refractivity contribution in [1.82, 2.24) is 5.32 Å². The van der Waals surface area contributed by atoms with E-state index >= 15 is 0 Å². The first-order chi connectivity index (χ1) is 14.0. The van der Waals surface area contributed by atoms with Gasteiger partial charge in [0.2, 0.25) is 5.91 Å². The Labute approximate surface area is 169 Å². The van der Waals surface area contributed by atoms with Crippen LogP contribution in [0.5, 0.6) is 5.75 Å². The lowest BCUT2D eigenvalue weighted by Gasteiger charge is -2.27. The highest BCUT2D eigenvalue weighted by Crippen LogP contribution is 2.48. The van der Waals surface area contributed by atoms with Gasteiger partial charge in [-0.2, -0.15) is 0 Å². The molecular formula is C23H25NO5. The number of benzene rings is 2. The molecule has 2 aromatic rings. The third-order valence-electron chi connectivity index (χ3n) is 5.67. The first-order valence-corrected chi connectivity index (χ1v) is 9.93. The van der Waals surface area contributed by atoms with E-state index in [1.807, 2.05) is 54.6 Å². The summed E-state index contributed by atoms with van der Waals surface area (Å²) in [6.45, 7) is 1.25. The molecule has 1 amide bonds. The van der Waals surface area contributed by atoms with E-state index in [-0.39, 0.29) is 30.8 Å². The van der Waals surface area contributed by atoms with Gasteiger partial charge in [-0.15, -0.1) is 0 Å². The third-order valence-corrected chi connectivity index (χ3v) is 5.67. The number of hydrogen-bond donors (Lipinski definition) is 2. The van der Waals surface area contributed by atoms with E-state index in [0.29, 0.717) is 19.6 Å². The van der Waals surface area contributed by atoms with Gasteiger partial charge in [-0.25, -0.2) is 0 Å². The molecule has 2 aromatic carbocycles. The van der Waals surface area contributed by atoms with Crippen LogP contribution in [-0.2, 0) is 20.9 Å². The smallest absolute Gasteiger partial charge is 0.305 e. The molecule has 1 aliphatic carbocycles. The average Bonchev–Trinajstić information content (AvgIpc) is 3.41. The number of carboxylic acids is 1. The number of hydrogen-bond acceptors (Lipinski definition) is 4. The molecule has 0 radical (unpaired) electrons. The van der Waals surface area contributed by atoms with E-state index < -0.39 is 11.5 Å². The summed E-state index contributed by atoms with van der Waals surface area (Å²) in [5.41, 5.74) is 1.44. The zero-order valence-electron chi connectivity index (χ0n) is 16.2. The Morgan fingerprint density at radius 1 is 1.14 bits per heavy atom. The van der Waals surface area contributed by atoms with Gasteiger partial charge >= 0.3 is 5.97 Å². The van der Waals surface area contributed by atoms with Crippen LogP contribution in [0.1, 0.15) is 36.3 Å². The molecular weight excluding hydrogens is 370 g/mol. The maximum absolute atomic E-state index is 12.7. The molecule has 2 aliphatic rings. The predicted octanol–water partition coefficient (Wildman–Crippen LogP) is 3.12. The number of carbonyl (C=O) groups is 2. The molecule has 0 bridgehead atoms. The molecule has 6 nitrogen and oxygen atoms in total. The van der Waals surface area contributed by atoms with Crippen LogP contribution in [0.3, 0.4) is 0 Å². The number of rotatable bonds is 8.